The smallest absolute Gasteiger partial charge is 0.306 e. The van der Waals surface area contributed by atoms with Crippen molar-refractivity contribution in [3.8, 4) is 0 Å². The van der Waals surface area contributed by atoms with Gasteiger partial charge < -0.3 is 15.2 Å². The van der Waals surface area contributed by atoms with Crippen molar-refractivity contribution < 1.29 is 14.6 Å². The summed E-state index contributed by atoms with van der Waals surface area (Å²) in [4.78, 5) is 10.9. The number of nitrogens with one attached hydrogen (secondary N) is 1. The van der Waals surface area contributed by atoms with Gasteiger partial charge in [-0.25, -0.2) is 0 Å². The minimum Gasteiger partial charge on any atom is -0.481 e. The van der Waals surface area contributed by atoms with E-state index in [1.54, 1.807) is 0 Å². The summed E-state index contributed by atoms with van der Waals surface area (Å²) in [6.45, 7) is 5.32. The Balaban J connectivity index is 1.67. The topological polar surface area (TPSA) is 58.6 Å². The third-order valence-corrected chi connectivity index (χ3v) is 4.59. The van der Waals surface area contributed by atoms with Gasteiger partial charge in [0, 0.05) is 6.04 Å². The van der Waals surface area contributed by atoms with Gasteiger partial charge >= 0.3 is 5.97 Å². The highest BCUT2D eigenvalue weighted by atomic mass is 16.5. The number of carboxylic acid groups (broad SMARTS) is 1. The summed E-state index contributed by atoms with van der Waals surface area (Å²) >= 11 is 0. The molecule has 2 N–H and O–H groups in total. The Bertz CT molecular complexity index is 290. The lowest BCUT2D eigenvalue weighted by Gasteiger charge is -2.34. The summed E-state index contributed by atoms with van der Waals surface area (Å²) in [5.41, 5.74) is 0. The Morgan fingerprint density at radius 3 is 2.26 bits per heavy atom. The molecule has 0 amide bonds. The molecule has 0 aromatic rings. The van der Waals surface area contributed by atoms with Gasteiger partial charge in [-0.05, 0) is 64.8 Å². The lowest BCUT2D eigenvalue weighted by Crippen LogP contribution is -2.43. The van der Waals surface area contributed by atoms with E-state index < -0.39 is 5.97 Å². The first kappa shape index (κ1) is 14.8. The van der Waals surface area contributed by atoms with Gasteiger partial charge in [-0.3, -0.25) is 4.79 Å². The maximum absolute atomic E-state index is 10.9. The molecule has 2 aliphatic rings. The van der Waals surface area contributed by atoms with Gasteiger partial charge in [0.1, 0.15) is 0 Å². The maximum atomic E-state index is 10.9. The average Bonchev–Trinajstić information content (AvgIpc) is 2.36. The molecule has 19 heavy (non-hydrogen) atoms. The molecule has 1 aliphatic heterocycles. The minimum atomic E-state index is -0.613. The van der Waals surface area contributed by atoms with Crippen molar-refractivity contribution in [3.63, 3.8) is 0 Å². The summed E-state index contributed by atoms with van der Waals surface area (Å²) in [5, 5.41) is 12.7. The number of carboxylic acids is 1. The molecule has 4 heteroatoms. The average molecular weight is 269 g/mol. The zero-order chi connectivity index (χ0) is 13.8. The molecular formula is C15H27NO3. The highest BCUT2D eigenvalue weighted by Crippen LogP contribution is 2.29. The third-order valence-electron chi connectivity index (χ3n) is 4.59. The van der Waals surface area contributed by atoms with Crippen LogP contribution in [0.1, 0.15) is 52.4 Å². The summed E-state index contributed by atoms with van der Waals surface area (Å²) in [5.74, 6) is -0.0538. The first-order valence-corrected chi connectivity index (χ1v) is 7.66. The molecule has 0 bridgehead atoms. The van der Waals surface area contributed by atoms with Gasteiger partial charge in [0.05, 0.1) is 18.1 Å². The fourth-order valence-corrected chi connectivity index (χ4v) is 3.52. The molecule has 0 spiro atoms. The lowest BCUT2D eigenvalue weighted by atomic mass is 9.82. The number of aliphatic carboxylic acids is 1. The first-order chi connectivity index (χ1) is 9.04. The Kier molecular flexibility index (Phi) is 5.22. The van der Waals surface area contributed by atoms with Crippen molar-refractivity contribution in [2.24, 2.45) is 11.8 Å². The van der Waals surface area contributed by atoms with Crippen LogP contribution in [0.4, 0.5) is 0 Å². The van der Waals surface area contributed by atoms with Crippen molar-refractivity contribution in [3.05, 3.63) is 0 Å². The van der Waals surface area contributed by atoms with Crippen LogP contribution < -0.4 is 5.32 Å². The molecule has 0 aromatic heterocycles. The first-order valence-electron chi connectivity index (χ1n) is 7.66. The van der Waals surface area contributed by atoms with Crippen molar-refractivity contribution in [2.45, 2.75) is 70.6 Å². The van der Waals surface area contributed by atoms with E-state index in [0.717, 1.165) is 45.1 Å². The molecule has 4 nitrogen and oxygen atoms in total. The van der Waals surface area contributed by atoms with Crippen molar-refractivity contribution in [1.82, 2.24) is 5.32 Å². The number of carbonyl (C=O) groups is 1. The van der Waals surface area contributed by atoms with Crippen LogP contribution in [0.2, 0.25) is 0 Å². The number of hydrogen-bond donors (Lipinski definition) is 2. The van der Waals surface area contributed by atoms with E-state index in [1.807, 2.05) is 0 Å². The van der Waals surface area contributed by atoms with E-state index in [9.17, 15) is 4.79 Å². The van der Waals surface area contributed by atoms with Crippen LogP contribution in [0, 0.1) is 11.8 Å². The summed E-state index contributed by atoms with van der Waals surface area (Å²) < 4.78 is 5.74. The van der Waals surface area contributed by atoms with E-state index >= 15 is 0 Å². The molecule has 2 unspecified atom stereocenters. The minimum absolute atomic E-state index is 0.0978. The zero-order valence-corrected chi connectivity index (χ0v) is 12.1. The van der Waals surface area contributed by atoms with E-state index in [1.165, 1.54) is 0 Å². The third kappa shape index (κ3) is 4.46. The SMILES string of the molecule is CC1CC(NCC2CCC(C(=O)O)CC2)CC(C)O1. The van der Waals surface area contributed by atoms with Crippen molar-refractivity contribution in [1.29, 1.82) is 0 Å². The number of rotatable bonds is 4. The summed E-state index contributed by atoms with van der Waals surface area (Å²) in [6, 6.07) is 0.566. The van der Waals surface area contributed by atoms with Gasteiger partial charge in [-0.15, -0.1) is 0 Å². The highest BCUT2D eigenvalue weighted by Gasteiger charge is 2.28. The monoisotopic (exact) mass is 269 g/mol. The van der Waals surface area contributed by atoms with E-state index in [2.05, 4.69) is 19.2 Å². The van der Waals surface area contributed by atoms with Crippen LogP contribution in [-0.4, -0.2) is 35.9 Å². The van der Waals surface area contributed by atoms with Crippen LogP contribution in [0.3, 0.4) is 0 Å². The van der Waals surface area contributed by atoms with Crippen LogP contribution in [0.25, 0.3) is 0 Å². The maximum Gasteiger partial charge on any atom is 0.306 e. The summed E-state index contributed by atoms with van der Waals surface area (Å²) in [7, 11) is 0. The van der Waals surface area contributed by atoms with Gasteiger partial charge in [-0.2, -0.15) is 0 Å². The fraction of sp³-hybridized carbons (Fsp3) is 0.933. The van der Waals surface area contributed by atoms with Crippen LogP contribution in [-0.2, 0) is 9.53 Å². The van der Waals surface area contributed by atoms with E-state index in [4.69, 9.17) is 9.84 Å². The molecule has 110 valence electrons. The molecule has 0 aromatic carbocycles. The molecule has 0 radical (unpaired) electrons. The summed E-state index contributed by atoms with van der Waals surface area (Å²) in [6.07, 6.45) is 6.69. The van der Waals surface area contributed by atoms with Crippen LogP contribution >= 0.6 is 0 Å². The predicted octanol–water partition coefficient (Wildman–Crippen LogP) is 2.42. The standard InChI is InChI=1S/C15H27NO3/c1-10-7-14(8-11(2)19-10)16-9-12-3-5-13(6-4-12)15(17)18/h10-14,16H,3-9H2,1-2H3,(H,17,18). The second kappa shape index (κ2) is 6.71. The van der Waals surface area contributed by atoms with Crippen molar-refractivity contribution in [2.75, 3.05) is 6.54 Å². The Morgan fingerprint density at radius 1 is 1.16 bits per heavy atom. The Morgan fingerprint density at radius 2 is 1.74 bits per heavy atom. The molecule has 2 atom stereocenters. The highest BCUT2D eigenvalue weighted by molar-refractivity contribution is 5.69. The van der Waals surface area contributed by atoms with E-state index in [-0.39, 0.29) is 5.92 Å². The lowest BCUT2D eigenvalue weighted by molar-refractivity contribution is -0.143. The molecule has 1 saturated heterocycles. The van der Waals surface area contributed by atoms with Gasteiger partial charge in [0.25, 0.3) is 0 Å². The fourth-order valence-electron chi connectivity index (χ4n) is 3.52. The molecule has 1 saturated carbocycles. The van der Waals surface area contributed by atoms with Gasteiger partial charge in [0.15, 0.2) is 0 Å². The number of hydrogen-bond acceptors (Lipinski definition) is 3. The molecule has 2 rings (SSSR count). The van der Waals surface area contributed by atoms with Crippen LogP contribution in [0.5, 0.6) is 0 Å². The molecular weight excluding hydrogens is 242 g/mol. The Labute approximate surface area is 115 Å². The van der Waals surface area contributed by atoms with E-state index in [0.29, 0.717) is 24.2 Å². The molecule has 2 fully saturated rings. The predicted molar refractivity (Wildman–Crippen MR) is 74.1 cm³/mol. The Hall–Kier alpha value is -0.610. The normalized spacial score (nSPS) is 40.0. The van der Waals surface area contributed by atoms with Gasteiger partial charge in [0.2, 0.25) is 0 Å². The van der Waals surface area contributed by atoms with Crippen molar-refractivity contribution >= 4 is 5.97 Å². The quantitative estimate of drug-likeness (QED) is 0.823. The second-order valence-electron chi connectivity index (χ2n) is 6.39. The second-order valence-corrected chi connectivity index (χ2v) is 6.39. The molecule has 1 aliphatic carbocycles. The zero-order valence-electron chi connectivity index (χ0n) is 12.1. The number of ether oxygens (including phenoxy) is 1. The molecule has 1 heterocycles. The largest absolute Gasteiger partial charge is 0.481 e. The van der Waals surface area contributed by atoms with Gasteiger partial charge in [-0.1, -0.05) is 0 Å². The van der Waals surface area contributed by atoms with Crippen LogP contribution in [0.15, 0.2) is 0 Å².